The van der Waals surface area contributed by atoms with Crippen molar-refractivity contribution < 1.29 is 24.0 Å². The second-order valence-electron chi connectivity index (χ2n) is 2.27. The summed E-state index contributed by atoms with van der Waals surface area (Å²) in [4.78, 5) is 0. The van der Waals surface area contributed by atoms with E-state index < -0.39 is 0 Å². The lowest BCUT2D eigenvalue weighted by Crippen LogP contribution is -3.00. The molecule has 0 aromatic rings. The van der Waals surface area contributed by atoms with Crippen LogP contribution in [0.3, 0.4) is 0 Å². The molecule has 0 saturated heterocycles. The Morgan fingerprint density at radius 1 is 1.38 bits per heavy atom. The second kappa shape index (κ2) is 8.16. The van der Waals surface area contributed by atoms with Crippen LogP contribution in [0.2, 0.25) is 0 Å². The van der Waals surface area contributed by atoms with E-state index in [1.807, 2.05) is 0 Å². The van der Waals surface area contributed by atoms with Crippen molar-refractivity contribution in [3.05, 3.63) is 0 Å². The second-order valence-corrected chi connectivity index (χ2v) is 4.65. The first-order valence-electron chi connectivity index (χ1n) is 3.10. The molecule has 0 nitrogen and oxygen atoms in total. The van der Waals surface area contributed by atoms with E-state index in [1.54, 1.807) is 0 Å². The highest BCUT2D eigenvalue weighted by Gasteiger charge is 1.95. The Labute approximate surface area is 71.6 Å². The standard InChI is InChI=1S/C6H15P.HI/c1-4-5-7-6(2)3;/h6-7H,4-5H2,1-3H3;1H. The van der Waals surface area contributed by atoms with Crippen LogP contribution in [-0.4, -0.2) is 11.8 Å². The molecule has 0 bridgehead atoms. The zero-order chi connectivity index (χ0) is 5.70. The molecular formula is C6H16IP. The van der Waals surface area contributed by atoms with Crippen molar-refractivity contribution in [3.63, 3.8) is 0 Å². The monoisotopic (exact) mass is 246 g/mol. The van der Waals surface area contributed by atoms with Crippen molar-refractivity contribution in [1.82, 2.24) is 0 Å². The van der Waals surface area contributed by atoms with Crippen LogP contribution in [-0.2, 0) is 0 Å². The van der Waals surface area contributed by atoms with Crippen molar-refractivity contribution >= 4 is 8.58 Å². The smallest absolute Gasteiger partial charge is 0.0596 e. The van der Waals surface area contributed by atoms with E-state index >= 15 is 0 Å². The molecule has 0 amide bonds. The minimum atomic E-state index is 0. The summed E-state index contributed by atoms with van der Waals surface area (Å²) < 4.78 is 0. The first kappa shape index (κ1) is 11.9. The summed E-state index contributed by atoms with van der Waals surface area (Å²) in [7, 11) is 0.767. The van der Waals surface area contributed by atoms with E-state index in [0.717, 1.165) is 14.2 Å². The molecule has 52 valence electrons. The minimum absolute atomic E-state index is 0. The van der Waals surface area contributed by atoms with Gasteiger partial charge in [0.2, 0.25) is 0 Å². The van der Waals surface area contributed by atoms with Gasteiger partial charge < -0.3 is 24.0 Å². The highest BCUT2D eigenvalue weighted by Crippen LogP contribution is 2.17. The molecule has 0 aliphatic heterocycles. The highest BCUT2D eigenvalue weighted by atomic mass is 127. The van der Waals surface area contributed by atoms with Crippen molar-refractivity contribution in [2.75, 3.05) is 6.16 Å². The van der Waals surface area contributed by atoms with Crippen LogP contribution >= 0.6 is 8.58 Å². The summed E-state index contributed by atoms with van der Waals surface area (Å²) in [6, 6.07) is 0. The van der Waals surface area contributed by atoms with Gasteiger partial charge in [0.15, 0.2) is 0 Å². The molecule has 2 heteroatoms. The van der Waals surface area contributed by atoms with Gasteiger partial charge in [0.1, 0.15) is 0 Å². The van der Waals surface area contributed by atoms with Crippen LogP contribution in [0, 0.1) is 0 Å². The maximum absolute atomic E-state index is 2.31. The van der Waals surface area contributed by atoms with E-state index in [-0.39, 0.29) is 24.0 Å². The third-order valence-corrected chi connectivity index (χ3v) is 2.78. The first-order chi connectivity index (χ1) is 3.27. The van der Waals surface area contributed by atoms with E-state index in [2.05, 4.69) is 20.8 Å². The molecule has 0 spiro atoms. The largest absolute Gasteiger partial charge is 1.00 e. The van der Waals surface area contributed by atoms with Gasteiger partial charge in [0, 0.05) is 0 Å². The number of halogens is 1. The van der Waals surface area contributed by atoms with Gasteiger partial charge in [0.05, 0.1) is 11.8 Å². The first-order valence-corrected chi connectivity index (χ1v) is 4.59. The molecule has 0 aromatic carbocycles. The molecule has 0 fully saturated rings. The van der Waals surface area contributed by atoms with Gasteiger partial charge in [-0.05, 0) is 28.8 Å². The maximum Gasteiger partial charge on any atom is 0.0596 e. The third kappa shape index (κ3) is 10.2. The number of rotatable bonds is 3. The van der Waals surface area contributed by atoms with Gasteiger partial charge in [-0.2, -0.15) is 0 Å². The molecule has 0 heterocycles. The van der Waals surface area contributed by atoms with Gasteiger partial charge in [-0.25, -0.2) is 0 Å². The van der Waals surface area contributed by atoms with Crippen LogP contribution in [0.1, 0.15) is 27.2 Å². The van der Waals surface area contributed by atoms with Crippen LogP contribution < -0.4 is 24.0 Å². The Kier molecular flexibility index (Phi) is 12.1. The van der Waals surface area contributed by atoms with Crippen LogP contribution in [0.5, 0.6) is 0 Å². The van der Waals surface area contributed by atoms with Crippen molar-refractivity contribution in [1.29, 1.82) is 0 Å². The number of hydrogen-bond donors (Lipinski definition) is 0. The van der Waals surface area contributed by atoms with Crippen LogP contribution in [0.4, 0.5) is 0 Å². The highest BCUT2D eigenvalue weighted by molar-refractivity contribution is 7.38. The molecule has 0 aliphatic rings. The zero-order valence-electron chi connectivity index (χ0n) is 5.95. The predicted molar refractivity (Wildman–Crippen MR) is 40.0 cm³/mol. The average molecular weight is 246 g/mol. The Hall–Kier alpha value is 1.16. The molecule has 1 atom stereocenters. The SMILES string of the molecule is CCC[PH2+]C(C)C.[I-]. The lowest BCUT2D eigenvalue weighted by molar-refractivity contribution is -0.00000167. The molecule has 0 aliphatic carbocycles. The normalized spacial score (nSPS) is 10.5. The summed E-state index contributed by atoms with van der Waals surface area (Å²) in [5.74, 6) is 0. The number of hydrogen-bond acceptors (Lipinski definition) is 0. The predicted octanol–water partition coefficient (Wildman–Crippen LogP) is -0.780. The fraction of sp³-hybridized carbons (Fsp3) is 1.00. The van der Waals surface area contributed by atoms with E-state index in [0.29, 0.717) is 0 Å². The van der Waals surface area contributed by atoms with Crippen LogP contribution in [0.25, 0.3) is 0 Å². The molecule has 0 N–H and O–H groups in total. The molecule has 0 rings (SSSR count). The molecule has 8 heavy (non-hydrogen) atoms. The zero-order valence-corrected chi connectivity index (χ0v) is 9.26. The van der Waals surface area contributed by atoms with Crippen molar-refractivity contribution in [2.24, 2.45) is 0 Å². The maximum atomic E-state index is 2.31. The topological polar surface area (TPSA) is 0 Å². The van der Waals surface area contributed by atoms with Crippen LogP contribution in [0.15, 0.2) is 0 Å². The van der Waals surface area contributed by atoms with Crippen molar-refractivity contribution in [3.8, 4) is 0 Å². The minimum Gasteiger partial charge on any atom is -1.00 e. The Morgan fingerprint density at radius 3 is 2.00 bits per heavy atom. The summed E-state index contributed by atoms with van der Waals surface area (Å²) in [6.45, 7) is 6.88. The molecule has 0 radical (unpaired) electrons. The average Bonchev–Trinajstić information content (AvgIpc) is 1.61. The Bertz CT molecular complexity index is 37.5. The molecule has 0 aromatic heterocycles. The van der Waals surface area contributed by atoms with E-state index in [9.17, 15) is 0 Å². The fourth-order valence-corrected chi connectivity index (χ4v) is 1.50. The fourth-order valence-electron chi connectivity index (χ4n) is 0.500. The third-order valence-electron chi connectivity index (χ3n) is 0.927. The summed E-state index contributed by atoms with van der Waals surface area (Å²) >= 11 is 0. The van der Waals surface area contributed by atoms with Gasteiger partial charge >= 0.3 is 0 Å². The van der Waals surface area contributed by atoms with E-state index in [4.69, 9.17) is 0 Å². The molecule has 1 unspecified atom stereocenters. The molecular weight excluding hydrogens is 230 g/mol. The van der Waals surface area contributed by atoms with Gasteiger partial charge in [0.25, 0.3) is 0 Å². The molecule has 0 saturated carbocycles. The van der Waals surface area contributed by atoms with Gasteiger partial charge in [-0.1, -0.05) is 6.92 Å². The van der Waals surface area contributed by atoms with Gasteiger partial charge in [-0.15, -0.1) is 0 Å². The van der Waals surface area contributed by atoms with E-state index in [1.165, 1.54) is 12.6 Å². The van der Waals surface area contributed by atoms with Crippen molar-refractivity contribution in [2.45, 2.75) is 32.9 Å². The summed E-state index contributed by atoms with van der Waals surface area (Å²) in [5.41, 5.74) is 0.986. The lowest BCUT2D eigenvalue weighted by Gasteiger charge is -1.91. The Balaban J connectivity index is 0. The van der Waals surface area contributed by atoms with Gasteiger partial charge in [-0.3, -0.25) is 0 Å². The lowest BCUT2D eigenvalue weighted by atomic mass is 10.6. The Morgan fingerprint density at radius 2 is 1.88 bits per heavy atom. The summed E-state index contributed by atoms with van der Waals surface area (Å²) in [5, 5.41) is 0. The quantitative estimate of drug-likeness (QED) is 0.452. The summed E-state index contributed by atoms with van der Waals surface area (Å²) in [6.07, 6.45) is 2.87.